The van der Waals surface area contributed by atoms with Gasteiger partial charge in [0.1, 0.15) is 0 Å². The molecule has 3 rings (SSSR count). The van der Waals surface area contributed by atoms with Crippen LogP contribution in [0, 0.1) is 0 Å². The number of Topliss-reactive ketones (excluding diaryl/α,β-unsaturated/α-hetero) is 1. The Kier molecular flexibility index (Phi) is 4.42. The van der Waals surface area contributed by atoms with Gasteiger partial charge in [0.25, 0.3) is 0 Å². The molecule has 0 saturated heterocycles. The van der Waals surface area contributed by atoms with Crippen LogP contribution in [-0.4, -0.2) is 24.1 Å². The molecule has 0 aliphatic carbocycles. The van der Waals surface area contributed by atoms with Crippen molar-refractivity contribution < 1.29 is 14.4 Å². The van der Waals surface area contributed by atoms with E-state index in [4.69, 9.17) is 0 Å². The van der Waals surface area contributed by atoms with Crippen LogP contribution < -0.4 is 10.2 Å². The Balaban J connectivity index is 1.74. The molecule has 0 spiro atoms. The van der Waals surface area contributed by atoms with Gasteiger partial charge in [-0.1, -0.05) is 18.2 Å². The highest BCUT2D eigenvalue weighted by molar-refractivity contribution is 6.44. The van der Waals surface area contributed by atoms with Crippen molar-refractivity contribution in [3.05, 3.63) is 59.7 Å². The molecule has 0 saturated carbocycles. The van der Waals surface area contributed by atoms with Crippen LogP contribution in [-0.2, 0) is 16.0 Å². The van der Waals surface area contributed by atoms with Gasteiger partial charge in [-0.25, -0.2) is 0 Å². The van der Waals surface area contributed by atoms with Crippen LogP contribution in [0.4, 0.5) is 11.4 Å². The molecule has 2 aromatic carbocycles. The highest BCUT2D eigenvalue weighted by atomic mass is 16.2. The number of amides is 2. The van der Waals surface area contributed by atoms with E-state index >= 15 is 0 Å². The summed E-state index contributed by atoms with van der Waals surface area (Å²) in [4.78, 5) is 37.6. The number of rotatable bonds is 2. The molecule has 2 aromatic rings. The summed E-state index contributed by atoms with van der Waals surface area (Å²) in [5.41, 5.74) is 2.93. The largest absolute Gasteiger partial charge is 0.318 e. The molecule has 0 bridgehead atoms. The topological polar surface area (TPSA) is 66.5 Å². The fourth-order valence-corrected chi connectivity index (χ4v) is 2.84. The molecular formula is C19H18N2O3. The Bertz CT molecular complexity index is 797. The zero-order valence-electron chi connectivity index (χ0n) is 13.4. The third-order valence-corrected chi connectivity index (χ3v) is 4.10. The van der Waals surface area contributed by atoms with Gasteiger partial charge in [0, 0.05) is 23.5 Å². The molecule has 1 N–H and O–H groups in total. The monoisotopic (exact) mass is 322 g/mol. The van der Waals surface area contributed by atoms with Gasteiger partial charge in [-0.05, 0) is 55.7 Å². The maximum absolute atomic E-state index is 12.5. The van der Waals surface area contributed by atoms with Crippen molar-refractivity contribution in [1.82, 2.24) is 0 Å². The zero-order valence-corrected chi connectivity index (χ0v) is 13.4. The Labute approximate surface area is 140 Å². The Morgan fingerprint density at radius 2 is 1.71 bits per heavy atom. The smallest absolute Gasteiger partial charge is 0.316 e. The lowest BCUT2D eigenvalue weighted by molar-refractivity contribution is -0.134. The van der Waals surface area contributed by atoms with E-state index in [0.717, 1.165) is 24.1 Å². The lowest BCUT2D eigenvalue weighted by Crippen LogP contribution is -2.42. The highest BCUT2D eigenvalue weighted by Crippen LogP contribution is 2.26. The van der Waals surface area contributed by atoms with Crippen molar-refractivity contribution in [3.8, 4) is 0 Å². The first-order valence-corrected chi connectivity index (χ1v) is 7.88. The van der Waals surface area contributed by atoms with Crippen LogP contribution in [0.3, 0.4) is 0 Å². The van der Waals surface area contributed by atoms with Gasteiger partial charge in [-0.3, -0.25) is 14.4 Å². The fourth-order valence-electron chi connectivity index (χ4n) is 2.84. The Morgan fingerprint density at radius 1 is 1.00 bits per heavy atom. The van der Waals surface area contributed by atoms with Crippen LogP contribution in [0.25, 0.3) is 0 Å². The van der Waals surface area contributed by atoms with E-state index in [1.807, 2.05) is 24.3 Å². The highest BCUT2D eigenvalue weighted by Gasteiger charge is 2.27. The summed E-state index contributed by atoms with van der Waals surface area (Å²) in [5.74, 6) is -1.30. The molecule has 1 aliphatic rings. The molecule has 1 aliphatic heterocycles. The van der Waals surface area contributed by atoms with Gasteiger partial charge >= 0.3 is 11.8 Å². The van der Waals surface area contributed by atoms with Crippen molar-refractivity contribution in [2.24, 2.45) is 0 Å². The summed E-state index contributed by atoms with van der Waals surface area (Å²) in [6.07, 6.45) is 1.75. The van der Waals surface area contributed by atoms with E-state index in [1.165, 1.54) is 11.8 Å². The summed E-state index contributed by atoms with van der Waals surface area (Å²) in [5, 5.41) is 2.59. The number of hydrogen-bond acceptors (Lipinski definition) is 3. The van der Waals surface area contributed by atoms with Gasteiger partial charge in [0.05, 0.1) is 0 Å². The average molecular weight is 322 g/mol. The number of nitrogens with zero attached hydrogens (tertiary/aromatic N) is 1. The molecule has 5 nitrogen and oxygen atoms in total. The normalized spacial score (nSPS) is 13.1. The first kappa shape index (κ1) is 15.9. The number of ketones is 1. The number of nitrogens with one attached hydrogen (secondary N) is 1. The van der Waals surface area contributed by atoms with Crippen LogP contribution in [0.1, 0.15) is 29.3 Å². The lowest BCUT2D eigenvalue weighted by Gasteiger charge is -2.28. The number of anilines is 2. The Hall–Kier alpha value is -2.95. The molecule has 122 valence electrons. The second-order valence-electron chi connectivity index (χ2n) is 5.78. The summed E-state index contributed by atoms with van der Waals surface area (Å²) in [6, 6.07) is 14.1. The molecule has 24 heavy (non-hydrogen) atoms. The second-order valence-corrected chi connectivity index (χ2v) is 5.78. The second kappa shape index (κ2) is 6.66. The van der Waals surface area contributed by atoms with Crippen LogP contribution in [0.5, 0.6) is 0 Å². The predicted octanol–water partition coefficient (Wildman–Crippen LogP) is 2.81. The molecule has 2 amide bonds. The quantitative estimate of drug-likeness (QED) is 0.683. The number of benzene rings is 2. The zero-order chi connectivity index (χ0) is 17.1. The number of carbonyl (C=O) groups is 3. The van der Waals surface area contributed by atoms with Crippen molar-refractivity contribution in [2.45, 2.75) is 19.8 Å². The minimum atomic E-state index is -0.678. The molecule has 1 heterocycles. The van der Waals surface area contributed by atoms with Crippen molar-refractivity contribution in [2.75, 3.05) is 16.8 Å². The fraction of sp³-hybridized carbons (Fsp3) is 0.211. The first-order chi connectivity index (χ1) is 11.6. The van der Waals surface area contributed by atoms with Gasteiger partial charge in [0.2, 0.25) is 0 Å². The summed E-state index contributed by atoms with van der Waals surface area (Å²) in [6.45, 7) is 2.01. The molecule has 0 aromatic heterocycles. The maximum atomic E-state index is 12.5. The average Bonchev–Trinajstić information content (AvgIpc) is 2.61. The number of para-hydroxylation sites is 1. The van der Waals surface area contributed by atoms with Gasteiger partial charge in [-0.15, -0.1) is 0 Å². The van der Waals surface area contributed by atoms with E-state index < -0.39 is 11.8 Å². The van der Waals surface area contributed by atoms with Crippen molar-refractivity contribution >= 4 is 29.0 Å². The first-order valence-electron chi connectivity index (χ1n) is 7.88. The third kappa shape index (κ3) is 3.20. The summed E-state index contributed by atoms with van der Waals surface area (Å²) in [7, 11) is 0. The van der Waals surface area contributed by atoms with Crippen LogP contribution in [0.2, 0.25) is 0 Å². The molecule has 0 unspecified atom stereocenters. The van der Waals surface area contributed by atoms with Crippen LogP contribution in [0.15, 0.2) is 48.5 Å². The predicted molar refractivity (Wildman–Crippen MR) is 92.2 cm³/mol. The molecular weight excluding hydrogens is 304 g/mol. The summed E-state index contributed by atoms with van der Waals surface area (Å²) < 4.78 is 0. The van der Waals surface area contributed by atoms with Gasteiger partial charge in [-0.2, -0.15) is 0 Å². The maximum Gasteiger partial charge on any atom is 0.316 e. The minimum Gasteiger partial charge on any atom is -0.318 e. The SMILES string of the molecule is CC(=O)c1ccc(NC(=O)C(=O)N2CCCc3ccccc32)cc1. The molecule has 0 fully saturated rings. The van der Waals surface area contributed by atoms with Crippen LogP contribution >= 0.6 is 0 Å². The van der Waals surface area contributed by atoms with E-state index in [9.17, 15) is 14.4 Å². The van der Waals surface area contributed by atoms with E-state index in [1.54, 1.807) is 24.3 Å². The third-order valence-electron chi connectivity index (χ3n) is 4.10. The van der Waals surface area contributed by atoms with E-state index in [0.29, 0.717) is 17.8 Å². The lowest BCUT2D eigenvalue weighted by atomic mass is 10.0. The van der Waals surface area contributed by atoms with Crippen molar-refractivity contribution in [1.29, 1.82) is 0 Å². The number of aryl methyl sites for hydroxylation is 1. The van der Waals surface area contributed by atoms with Crippen molar-refractivity contribution in [3.63, 3.8) is 0 Å². The van der Waals surface area contributed by atoms with E-state index in [-0.39, 0.29) is 5.78 Å². The number of hydrogen-bond donors (Lipinski definition) is 1. The molecule has 0 radical (unpaired) electrons. The minimum absolute atomic E-state index is 0.0473. The van der Waals surface area contributed by atoms with Gasteiger partial charge in [0.15, 0.2) is 5.78 Å². The van der Waals surface area contributed by atoms with E-state index in [2.05, 4.69) is 5.32 Å². The standard InChI is InChI=1S/C19H18N2O3/c1-13(22)14-8-10-16(11-9-14)20-18(23)19(24)21-12-4-6-15-5-2-3-7-17(15)21/h2-3,5,7-11H,4,6,12H2,1H3,(H,20,23). The molecule has 5 heteroatoms. The summed E-state index contributed by atoms with van der Waals surface area (Å²) >= 11 is 0. The Morgan fingerprint density at radius 3 is 2.42 bits per heavy atom. The molecule has 0 atom stereocenters. The van der Waals surface area contributed by atoms with Gasteiger partial charge < -0.3 is 10.2 Å². The number of carbonyl (C=O) groups excluding carboxylic acids is 3. The number of fused-ring (bicyclic) bond motifs is 1.